The molecule has 6 heteroatoms. The molecule has 2 heterocycles. The van der Waals surface area contributed by atoms with E-state index in [1.807, 2.05) is 19.1 Å². The molecule has 2 N–H and O–H groups in total. The second-order valence-corrected chi connectivity index (χ2v) is 5.34. The van der Waals surface area contributed by atoms with Gasteiger partial charge in [-0.05, 0) is 19.1 Å². The summed E-state index contributed by atoms with van der Waals surface area (Å²) in [5.74, 6) is 0.601. The third kappa shape index (κ3) is 2.15. The smallest absolute Gasteiger partial charge is 0.266 e. The molecular weight excluding hydrogens is 284 g/mol. The Bertz CT molecular complexity index is 705. The van der Waals surface area contributed by atoms with Gasteiger partial charge in [-0.2, -0.15) is 5.26 Å². The highest BCUT2D eigenvalue weighted by molar-refractivity contribution is 5.99. The maximum atomic E-state index is 12.1. The van der Waals surface area contributed by atoms with Crippen LogP contribution in [0.2, 0.25) is 0 Å². The minimum absolute atomic E-state index is 0.173. The third-order valence-electron chi connectivity index (χ3n) is 4.02. The molecule has 0 bridgehead atoms. The van der Waals surface area contributed by atoms with Crippen LogP contribution >= 0.6 is 0 Å². The summed E-state index contributed by atoms with van der Waals surface area (Å²) in [6.07, 6.45) is 0.717. The fourth-order valence-corrected chi connectivity index (χ4v) is 3.00. The molecule has 1 atom stereocenters. The number of benzene rings is 1. The molecule has 114 valence electrons. The molecule has 1 spiro atoms. The molecule has 22 heavy (non-hydrogen) atoms. The lowest BCUT2D eigenvalue weighted by Crippen LogP contribution is -2.52. The summed E-state index contributed by atoms with van der Waals surface area (Å²) in [5.41, 5.74) is -0.163. The van der Waals surface area contributed by atoms with E-state index in [-0.39, 0.29) is 17.8 Å². The number of nitriles is 1. The number of ether oxygens (including phenoxy) is 2. The number of aliphatic hydroxyl groups is 1. The molecule has 6 nitrogen and oxygen atoms in total. The Labute approximate surface area is 128 Å². The largest absolute Gasteiger partial charge is 0.511 e. The van der Waals surface area contributed by atoms with Crippen molar-refractivity contribution in [3.8, 4) is 17.6 Å². The zero-order chi connectivity index (χ0) is 15.7. The van der Waals surface area contributed by atoms with Crippen LogP contribution < -0.4 is 14.8 Å². The molecule has 0 aromatic heterocycles. The van der Waals surface area contributed by atoms with E-state index in [1.165, 1.54) is 0 Å². The third-order valence-corrected chi connectivity index (χ3v) is 4.02. The minimum Gasteiger partial charge on any atom is -0.511 e. The maximum Gasteiger partial charge on any atom is 0.266 e. The number of amides is 1. The van der Waals surface area contributed by atoms with Crippen LogP contribution in [0.5, 0.6) is 11.5 Å². The lowest BCUT2D eigenvalue weighted by Gasteiger charge is -2.41. The molecule has 1 aromatic rings. The fraction of sp³-hybridized carbons (Fsp3) is 0.375. The van der Waals surface area contributed by atoms with Gasteiger partial charge in [0.25, 0.3) is 5.91 Å². The maximum absolute atomic E-state index is 12.1. The Morgan fingerprint density at radius 2 is 2.36 bits per heavy atom. The van der Waals surface area contributed by atoms with E-state index < -0.39 is 11.4 Å². The van der Waals surface area contributed by atoms with Crippen LogP contribution in [0, 0.1) is 11.3 Å². The van der Waals surface area contributed by atoms with Crippen LogP contribution in [0.15, 0.2) is 29.5 Å². The summed E-state index contributed by atoms with van der Waals surface area (Å²) >= 11 is 0. The first-order chi connectivity index (χ1) is 10.6. The van der Waals surface area contributed by atoms with E-state index in [0.29, 0.717) is 31.1 Å². The number of carbonyl (C=O) groups is 1. The van der Waals surface area contributed by atoms with Crippen LogP contribution in [-0.2, 0) is 10.3 Å². The SMILES string of the molecule is CCOc1ccc2c(c1)OCC[C@]21CC(O)=C(C#N)C(=O)N1. The van der Waals surface area contributed by atoms with Crippen LogP contribution in [-0.4, -0.2) is 24.2 Å². The van der Waals surface area contributed by atoms with Crippen molar-refractivity contribution in [2.24, 2.45) is 0 Å². The average Bonchev–Trinajstić information content (AvgIpc) is 2.47. The Morgan fingerprint density at radius 1 is 1.55 bits per heavy atom. The predicted octanol–water partition coefficient (Wildman–Crippen LogP) is 1.92. The lowest BCUT2D eigenvalue weighted by molar-refractivity contribution is -0.120. The molecule has 0 saturated carbocycles. The number of hydrogen-bond donors (Lipinski definition) is 2. The van der Waals surface area contributed by atoms with Crippen molar-refractivity contribution >= 4 is 5.91 Å². The van der Waals surface area contributed by atoms with E-state index >= 15 is 0 Å². The van der Waals surface area contributed by atoms with Gasteiger partial charge in [-0.3, -0.25) is 4.79 Å². The first-order valence-corrected chi connectivity index (χ1v) is 7.14. The van der Waals surface area contributed by atoms with Gasteiger partial charge in [0.1, 0.15) is 23.3 Å². The van der Waals surface area contributed by atoms with Crippen molar-refractivity contribution < 1.29 is 19.4 Å². The van der Waals surface area contributed by atoms with Gasteiger partial charge in [-0.25, -0.2) is 0 Å². The number of aliphatic hydroxyl groups excluding tert-OH is 1. The van der Waals surface area contributed by atoms with Crippen molar-refractivity contribution in [3.05, 3.63) is 35.1 Å². The molecular formula is C16H16N2O4. The molecule has 1 amide bonds. The van der Waals surface area contributed by atoms with Gasteiger partial charge in [-0.1, -0.05) is 0 Å². The Kier molecular flexibility index (Phi) is 3.41. The Balaban J connectivity index is 2.04. The van der Waals surface area contributed by atoms with E-state index in [0.717, 1.165) is 5.56 Å². The van der Waals surface area contributed by atoms with Gasteiger partial charge < -0.3 is 19.9 Å². The van der Waals surface area contributed by atoms with Crippen molar-refractivity contribution in [2.75, 3.05) is 13.2 Å². The fourth-order valence-electron chi connectivity index (χ4n) is 3.00. The predicted molar refractivity (Wildman–Crippen MR) is 77.4 cm³/mol. The Morgan fingerprint density at radius 3 is 3.05 bits per heavy atom. The molecule has 0 unspecified atom stereocenters. The van der Waals surface area contributed by atoms with Gasteiger partial charge in [-0.15, -0.1) is 0 Å². The first-order valence-electron chi connectivity index (χ1n) is 7.14. The highest BCUT2D eigenvalue weighted by atomic mass is 16.5. The summed E-state index contributed by atoms with van der Waals surface area (Å²) < 4.78 is 11.1. The Hall–Kier alpha value is -2.68. The lowest BCUT2D eigenvalue weighted by atomic mass is 9.78. The van der Waals surface area contributed by atoms with Crippen molar-refractivity contribution in [1.29, 1.82) is 5.26 Å². The van der Waals surface area contributed by atoms with Gasteiger partial charge in [0.2, 0.25) is 0 Å². The number of rotatable bonds is 2. The van der Waals surface area contributed by atoms with Gasteiger partial charge >= 0.3 is 0 Å². The van der Waals surface area contributed by atoms with Crippen LogP contribution in [0.4, 0.5) is 0 Å². The first kappa shape index (κ1) is 14.3. The van der Waals surface area contributed by atoms with Gasteiger partial charge in [0, 0.05) is 24.5 Å². The summed E-state index contributed by atoms with van der Waals surface area (Å²) in [5, 5.41) is 21.9. The molecule has 3 rings (SSSR count). The minimum atomic E-state index is -0.736. The van der Waals surface area contributed by atoms with E-state index in [2.05, 4.69) is 5.32 Å². The molecule has 0 fully saturated rings. The summed E-state index contributed by atoms with van der Waals surface area (Å²) in [6, 6.07) is 7.17. The summed E-state index contributed by atoms with van der Waals surface area (Å²) in [6.45, 7) is 2.86. The molecule has 0 radical (unpaired) electrons. The standard InChI is InChI=1S/C16H16N2O4/c1-2-21-10-3-4-12-14(7-10)22-6-5-16(12)8-13(19)11(9-17)15(20)18-16/h3-4,7,19H,2,5-6,8H2,1H3,(H,18,20)/t16-/m0/s1. The van der Waals surface area contributed by atoms with E-state index in [4.69, 9.17) is 14.7 Å². The molecule has 2 aliphatic rings. The molecule has 2 aliphatic heterocycles. The average molecular weight is 300 g/mol. The number of fused-ring (bicyclic) bond motifs is 2. The normalized spacial score (nSPS) is 23.4. The molecule has 0 saturated heterocycles. The second-order valence-electron chi connectivity index (χ2n) is 5.34. The highest BCUT2D eigenvalue weighted by Gasteiger charge is 2.44. The quantitative estimate of drug-likeness (QED) is 0.870. The topological polar surface area (TPSA) is 91.6 Å². The van der Waals surface area contributed by atoms with Crippen molar-refractivity contribution in [2.45, 2.75) is 25.3 Å². The highest BCUT2D eigenvalue weighted by Crippen LogP contribution is 2.44. The van der Waals surface area contributed by atoms with Gasteiger partial charge in [0.05, 0.1) is 18.8 Å². The van der Waals surface area contributed by atoms with Gasteiger partial charge in [0.15, 0.2) is 5.57 Å². The number of nitrogens with zero attached hydrogens (tertiary/aromatic N) is 1. The number of carbonyl (C=O) groups excluding carboxylic acids is 1. The monoisotopic (exact) mass is 300 g/mol. The summed E-state index contributed by atoms with van der Waals surface area (Å²) in [4.78, 5) is 12.1. The van der Waals surface area contributed by atoms with Crippen LogP contribution in [0.25, 0.3) is 0 Å². The van der Waals surface area contributed by atoms with E-state index in [9.17, 15) is 9.90 Å². The zero-order valence-corrected chi connectivity index (χ0v) is 12.2. The van der Waals surface area contributed by atoms with E-state index in [1.54, 1.807) is 12.1 Å². The van der Waals surface area contributed by atoms with Crippen LogP contribution in [0.3, 0.4) is 0 Å². The van der Waals surface area contributed by atoms with Crippen LogP contribution in [0.1, 0.15) is 25.3 Å². The molecule has 1 aromatic carbocycles. The number of nitrogens with one attached hydrogen (secondary N) is 1. The summed E-state index contributed by atoms with van der Waals surface area (Å²) in [7, 11) is 0. The van der Waals surface area contributed by atoms with Crippen molar-refractivity contribution in [1.82, 2.24) is 5.32 Å². The molecule has 0 aliphatic carbocycles. The van der Waals surface area contributed by atoms with Crippen molar-refractivity contribution in [3.63, 3.8) is 0 Å². The second kappa shape index (κ2) is 5.26. The number of hydrogen-bond acceptors (Lipinski definition) is 5. The zero-order valence-electron chi connectivity index (χ0n) is 12.2.